The highest BCUT2D eigenvalue weighted by molar-refractivity contribution is 7.98. The van der Waals surface area contributed by atoms with Crippen molar-refractivity contribution < 1.29 is 0 Å². The topological polar surface area (TPSA) is 34.9 Å². The Balaban J connectivity index is 2.20. The van der Waals surface area contributed by atoms with E-state index in [1.807, 2.05) is 38.1 Å². The first-order valence-electron chi connectivity index (χ1n) is 6.42. The van der Waals surface area contributed by atoms with E-state index in [0.29, 0.717) is 0 Å². The Morgan fingerprint density at radius 3 is 2.55 bits per heavy atom. The fourth-order valence-electron chi connectivity index (χ4n) is 1.69. The number of halogens is 1. The predicted octanol–water partition coefficient (Wildman–Crippen LogP) is 3.85. The maximum absolute atomic E-state index is 11.9. The zero-order chi connectivity index (χ0) is 14.7. The van der Waals surface area contributed by atoms with Crippen molar-refractivity contribution in [2.24, 2.45) is 7.05 Å². The van der Waals surface area contributed by atoms with Crippen LogP contribution in [0.25, 0.3) is 0 Å². The molecule has 0 fully saturated rings. The third kappa shape index (κ3) is 3.64. The number of hydrogen-bond donors (Lipinski definition) is 0. The number of benzene rings is 1. The molecule has 0 saturated heterocycles. The van der Waals surface area contributed by atoms with Gasteiger partial charge in [-0.1, -0.05) is 49.3 Å². The Kier molecular flexibility index (Phi) is 4.89. The Morgan fingerprint density at radius 1 is 1.30 bits per heavy atom. The molecular formula is C15H17ClN2OS. The monoisotopic (exact) mass is 308 g/mol. The summed E-state index contributed by atoms with van der Waals surface area (Å²) in [6, 6.07) is 9.32. The van der Waals surface area contributed by atoms with E-state index in [1.165, 1.54) is 0 Å². The van der Waals surface area contributed by atoms with E-state index < -0.39 is 0 Å². The van der Waals surface area contributed by atoms with Gasteiger partial charge in [0.2, 0.25) is 0 Å². The molecule has 0 amide bonds. The lowest BCUT2D eigenvalue weighted by molar-refractivity contribution is 0.668. The van der Waals surface area contributed by atoms with E-state index in [1.54, 1.807) is 29.4 Å². The molecule has 0 unspecified atom stereocenters. The van der Waals surface area contributed by atoms with Crippen LogP contribution < -0.4 is 5.56 Å². The van der Waals surface area contributed by atoms with E-state index in [2.05, 4.69) is 4.98 Å². The van der Waals surface area contributed by atoms with E-state index >= 15 is 0 Å². The first kappa shape index (κ1) is 15.1. The number of rotatable bonds is 4. The smallest absolute Gasteiger partial charge is 0.254 e. The minimum Gasteiger partial charge on any atom is -0.291 e. The Hall–Kier alpha value is -1.26. The molecule has 0 atom stereocenters. The lowest BCUT2D eigenvalue weighted by Crippen LogP contribution is -2.20. The Labute approximate surface area is 128 Å². The molecule has 0 spiro atoms. The quantitative estimate of drug-likeness (QED) is 0.635. The van der Waals surface area contributed by atoms with Crippen molar-refractivity contribution in [3.05, 3.63) is 57.0 Å². The molecule has 0 radical (unpaired) electrons. The lowest BCUT2D eigenvalue weighted by Gasteiger charge is -2.10. The van der Waals surface area contributed by atoms with Gasteiger partial charge in [-0.15, -0.1) is 0 Å². The summed E-state index contributed by atoms with van der Waals surface area (Å²) in [6.45, 7) is 4.07. The molecule has 0 bridgehead atoms. The van der Waals surface area contributed by atoms with Crippen molar-refractivity contribution in [2.75, 3.05) is 0 Å². The SMILES string of the molecule is CC(C)c1cc(=O)n(C)c(SCc2ccc(Cl)cc2)n1. The second-order valence-electron chi connectivity index (χ2n) is 4.93. The van der Waals surface area contributed by atoms with Gasteiger partial charge in [-0.2, -0.15) is 0 Å². The second kappa shape index (κ2) is 6.46. The van der Waals surface area contributed by atoms with Crippen LogP contribution >= 0.6 is 23.4 Å². The van der Waals surface area contributed by atoms with Gasteiger partial charge in [-0.3, -0.25) is 9.36 Å². The Morgan fingerprint density at radius 2 is 1.95 bits per heavy atom. The molecular weight excluding hydrogens is 292 g/mol. The summed E-state index contributed by atoms with van der Waals surface area (Å²) >= 11 is 7.43. The van der Waals surface area contributed by atoms with E-state index in [0.717, 1.165) is 27.2 Å². The molecule has 20 heavy (non-hydrogen) atoms. The summed E-state index contributed by atoms with van der Waals surface area (Å²) in [7, 11) is 1.75. The summed E-state index contributed by atoms with van der Waals surface area (Å²) in [5.74, 6) is 1.01. The molecule has 1 aromatic carbocycles. The summed E-state index contributed by atoms with van der Waals surface area (Å²) in [5.41, 5.74) is 1.98. The van der Waals surface area contributed by atoms with Gasteiger partial charge in [0.1, 0.15) is 0 Å². The average Bonchev–Trinajstić information content (AvgIpc) is 2.42. The normalized spacial score (nSPS) is 11.1. The van der Waals surface area contributed by atoms with Crippen LogP contribution in [0.2, 0.25) is 5.02 Å². The van der Waals surface area contributed by atoms with Gasteiger partial charge in [-0.25, -0.2) is 4.98 Å². The number of thioether (sulfide) groups is 1. The van der Waals surface area contributed by atoms with Gasteiger partial charge in [0.15, 0.2) is 5.16 Å². The molecule has 1 aromatic heterocycles. The highest BCUT2D eigenvalue weighted by atomic mass is 35.5. The second-order valence-corrected chi connectivity index (χ2v) is 6.31. The van der Waals surface area contributed by atoms with Crippen LogP contribution in [0.3, 0.4) is 0 Å². The summed E-state index contributed by atoms with van der Waals surface area (Å²) in [5, 5.41) is 1.47. The summed E-state index contributed by atoms with van der Waals surface area (Å²) < 4.78 is 1.59. The first-order chi connectivity index (χ1) is 9.47. The third-order valence-corrected chi connectivity index (χ3v) is 4.34. The minimum atomic E-state index is -0.0118. The average molecular weight is 309 g/mol. The van der Waals surface area contributed by atoms with Gasteiger partial charge >= 0.3 is 0 Å². The predicted molar refractivity (Wildman–Crippen MR) is 84.6 cm³/mol. The van der Waals surface area contributed by atoms with Gasteiger partial charge < -0.3 is 0 Å². The maximum Gasteiger partial charge on any atom is 0.254 e. The standard InChI is InChI=1S/C15H17ClN2OS/c1-10(2)13-8-14(19)18(3)15(17-13)20-9-11-4-6-12(16)7-5-11/h4-8,10H,9H2,1-3H3. The van der Waals surface area contributed by atoms with Crippen molar-refractivity contribution >= 4 is 23.4 Å². The van der Waals surface area contributed by atoms with Crippen molar-refractivity contribution in [3.8, 4) is 0 Å². The number of hydrogen-bond acceptors (Lipinski definition) is 3. The largest absolute Gasteiger partial charge is 0.291 e. The summed E-state index contributed by atoms with van der Waals surface area (Å²) in [6.07, 6.45) is 0. The molecule has 0 N–H and O–H groups in total. The van der Waals surface area contributed by atoms with Crippen LogP contribution in [0, 0.1) is 0 Å². The van der Waals surface area contributed by atoms with E-state index in [9.17, 15) is 4.79 Å². The fraction of sp³-hybridized carbons (Fsp3) is 0.333. The molecule has 3 nitrogen and oxygen atoms in total. The molecule has 2 aromatic rings. The molecule has 5 heteroatoms. The van der Waals surface area contributed by atoms with Crippen LogP contribution in [0.1, 0.15) is 31.0 Å². The van der Waals surface area contributed by atoms with Crippen LogP contribution in [-0.4, -0.2) is 9.55 Å². The van der Waals surface area contributed by atoms with Crippen molar-refractivity contribution in [1.82, 2.24) is 9.55 Å². The van der Waals surface area contributed by atoms with Gasteiger partial charge in [0, 0.05) is 23.9 Å². The highest BCUT2D eigenvalue weighted by Crippen LogP contribution is 2.22. The molecule has 1 heterocycles. The molecule has 106 valence electrons. The van der Waals surface area contributed by atoms with Crippen molar-refractivity contribution in [1.29, 1.82) is 0 Å². The van der Waals surface area contributed by atoms with Crippen LogP contribution in [0.15, 0.2) is 40.3 Å². The lowest BCUT2D eigenvalue weighted by atomic mass is 10.1. The fourth-order valence-corrected chi connectivity index (χ4v) is 2.76. The molecule has 0 aliphatic carbocycles. The zero-order valence-electron chi connectivity index (χ0n) is 11.8. The highest BCUT2D eigenvalue weighted by Gasteiger charge is 2.09. The van der Waals surface area contributed by atoms with E-state index in [-0.39, 0.29) is 11.5 Å². The first-order valence-corrected chi connectivity index (χ1v) is 7.79. The Bertz CT molecular complexity index is 650. The van der Waals surface area contributed by atoms with Crippen LogP contribution in [0.4, 0.5) is 0 Å². The molecule has 2 rings (SSSR count). The number of aromatic nitrogens is 2. The van der Waals surface area contributed by atoms with Gasteiger partial charge in [0.25, 0.3) is 5.56 Å². The summed E-state index contributed by atoms with van der Waals surface area (Å²) in [4.78, 5) is 16.5. The third-order valence-electron chi connectivity index (χ3n) is 2.99. The molecule has 0 aliphatic rings. The molecule has 0 saturated carbocycles. The van der Waals surface area contributed by atoms with Crippen LogP contribution in [-0.2, 0) is 12.8 Å². The zero-order valence-corrected chi connectivity index (χ0v) is 13.3. The van der Waals surface area contributed by atoms with Crippen molar-refractivity contribution in [2.45, 2.75) is 30.7 Å². The molecule has 0 aliphatic heterocycles. The number of nitrogens with zero attached hydrogens (tertiary/aromatic N) is 2. The maximum atomic E-state index is 11.9. The van der Waals surface area contributed by atoms with Crippen LogP contribution in [0.5, 0.6) is 0 Å². The van der Waals surface area contributed by atoms with Crippen molar-refractivity contribution in [3.63, 3.8) is 0 Å². The van der Waals surface area contributed by atoms with E-state index in [4.69, 9.17) is 11.6 Å². The van der Waals surface area contributed by atoms with Gasteiger partial charge in [-0.05, 0) is 23.6 Å². The minimum absolute atomic E-state index is 0.0118. The van der Waals surface area contributed by atoms with Gasteiger partial charge in [0.05, 0.1) is 5.69 Å².